The van der Waals surface area contributed by atoms with Gasteiger partial charge in [-0.15, -0.1) is 0 Å². The summed E-state index contributed by atoms with van der Waals surface area (Å²) in [6, 6.07) is 12.2. The SMILES string of the molecule is CCc1ccccc1O[C@@H](C)C(=O)Nc1ccc(OC)c(S(=O)(=O)N2CCCCC2)c1. The van der Waals surface area contributed by atoms with Gasteiger partial charge in [-0.1, -0.05) is 31.5 Å². The molecule has 0 unspecified atom stereocenters. The molecule has 1 atom stereocenters. The Bertz CT molecular complexity index is 1020. The molecule has 0 saturated carbocycles. The lowest BCUT2D eigenvalue weighted by Gasteiger charge is -2.26. The zero-order chi connectivity index (χ0) is 22.4. The van der Waals surface area contributed by atoms with Crippen molar-refractivity contribution >= 4 is 21.6 Å². The Kier molecular flexibility index (Phi) is 7.56. The van der Waals surface area contributed by atoms with Crippen LogP contribution in [0.25, 0.3) is 0 Å². The zero-order valence-electron chi connectivity index (χ0n) is 18.3. The van der Waals surface area contributed by atoms with Crippen molar-refractivity contribution in [2.45, 2.75) is 50.5 Å². The van der Waals surface area contributed by atoms with Gasteiger partial charge in [0, 0.05) is 18.8 Å². The molecular formula is C23H30N2O5S. The lowest BCUT2D eigenvalue weighted by molar-refractivity contribution is -0.122. The molecule has 0 bridgehead atoms. The van der Waals surface area contributed by atoms with Gasteiger partial charge in [0.1, 0.15) is 16.4 Å². The van der Waals surface area contributed by atoms with Crippen LogP contribution in [0.5, 0.6) is 11.5 Å². The van der Waals surface area contributed by atoms with E-state index in [0.29, 0.717) is 24.5 Å². The van der Waals surface area contributed by atoms with Gasteiger partial charge in [-0.25, -0.2) is 8.42 Å². The van der Waals surface area contributed by atoms with Crippen LogP contribution in [0.3, 0.4) is 0 Å². The predicted octanol–water partition coefficient (Wildman–Crippen LogP) is 3.84. The van der Waals surface area contributed by atoms with Gasteiger partial charge in [-0.2, -0.15) is 4.31 Å². The number of ether oxygens (including phenoxy) is 2. The second-order valence-corrected chi connectivity index (χ2v) is 9.45. The van der Waals surface area contributed by atoms with Crippen LogP contribution >= 0.6 is 0 Å². The van der Waals surface area contributed by atoms with E-state index >= 15 is 0 Å². The highest BCUT2D eigenvalue weighted by molar-refractivity contribution is 7.89. The van der Waals surface area contributed by atoms with Crippen LogP contribution in [0.2, 0.25) is 0 Å². The Morgan fingerprint density at radius 3 is 2.48 bits per heavy atom. The summed E-state index contributed by atoms with van der Waals surface area (Å²) >= 11 is 0. The number of carbonyl (C=O) groups excluding carboxylic acids is 1. The van der Waals surface area contributed by atoms with Crippen LogP contribution in [-0.2, 0) is 21.2 Å². The third kappa shape index (κ3) is 5.37. The molecule has 3 rings (SSSR count). The Labute approximate surface area is 184 Å². The van der Waals surface area contributed by atoms with Gasteiger partial charge >= 0.3 is 0 Å². The number of piperidine rings is 1. The van der Waals surface area contributed by atoms with Crippen LogP contribution in [0.1, 0.15) is 38.7 Å². The quantitative estimate of drug-likeness (QED) is 0.666. The average molecular weight is 447 g/mol. The molecule has 1 amide bonds. The number of methoxy groups -OCH3 is 1. The first kappa shape index (κ1) is 23.1. The van der Waals surface area contributed by atoms with E-state index in [-0.39, 0.29) is 16.6 Å². The van der Waals surface area contributed by atoms with E-state index in [1.807, 2.05) is 31.2 Å². The summed E-state index contributed by atoms with van der Waals surface area (Å²) in [6.07, 6.45) is 2.74. The summed E-state index contributed by atoms with van der Waals surface area (Å²) in [5.41, 5.74) is 1.39. The van der Waals surface area contributed by atoms with E-state index in [1.54, 1.807) is 19.1 Å². The maximum Gasteiger partial charge on any atom is 0.265 e. The molecule has 0 radical (unpaired) electrons. The van der Waals surface area contributed by atoms with Crippen molar-refractivity contribution < 1.29 is 22.7 Å². The normalized spacial score (nSPS) is 15.8. The molecule has 31 heavy (non-hydrogen) atoms. The number of aryl methyl sites for hydroxylation is 1. The van der Waals surface area contributed by atoms with Crippen LogP contribution in [0, 0.1) is 0 Å². The molecule has 0 aromatic heterocycles. The predicted molar refractivity (Wildman–Crippen MR) is 120 cm³/mol. The molecule has 7 nitrogen and oxygen atoms in total. The van der Waals surface area contributed by atoms with E-state index in [4.69, 9.17) is 9.47 Å². The first-order chi connectivity index (χ1) is 14.9. The minimum atomic E-state index is -3.72. The Hall–Kier alpha value is -2.58. The maximum atomic E-state index is 13.2. The van der Waals surface area contributed by atoms with Crippen molar-refractivity contribution in [3.63, 3.8) is 0 Å². The number of anilines is 1. The van der Waals surface area contributed by atoms with Crippen molar-refractivity contribution in [3.8, 4) is 11.5 Å². The topological polar surface area (TPSA) is 84.9 Å². The lowest BCUT2D eigenvalue weighted by atomic mass is 10.1. The van der Waals surface area contributed by atoms with Gasteiger partial charge in [-0.05, 0) is 56.0 Å². The van der Waals surface area contributed by atoms with E-state index in [0.717, 1.165) is 31.2 Å². The first-order valence-corrected chi connectivity index (χ1v) is 12.0. The standard InChI is InChI=1S/C23H30N2O5S/c1-4-18-10-6-7-11-20(18)30-17(2)23(26)24-19-12-13-21(29-3)22(16-19)31(27,28)25-14-8-5-9-15-25/h6-7,10-13,16-17H,4-5,8-9,14-15H2,1-3H3,(H,24,26)/t17-/m0/s1. The molecule has 2 aromatic carbocycles. The van der Waals surface area contributed by atoms with Crippen molar-refractivity contribution in [2.24, 2.45) is 0 Å². The van der Waals surface area contributed by atoms with Gasteiger partial charge in [-0.3, -0.25) is 4.79 Å². The number of nitrogens with one attached hydrogen (secondary N) is 1. The van der Waals surface area contributed by atoms with E-state index in [9.17, 15) is 13.2 Å². The van der Waals surface area contributed by atoms with Gasteiger partial charge in [0.05, 0.1) is 7.11 Å². The second-order valence-electron chi connectivity index (χ2n) is 7.54. The van der Waals surface area contributed by atoms with Crippen molar-refractivity contribution in [3.05, 3.63) is 48.0 Å². The second kappa shape index (κ2) is 10.2. The maximum absolute atomic E-state index is 13.2. The summed E-state index contributed by atoms with van der Waals surface area (Å²) in [5, 5.41) is 2.76. The summed E-state index contributed by atoms with van der Waals surface area (Å²) in [7, 11) is -2.28. The van der Waals surface area contributed by atoms with Crippen LogP contribution in [-0.4, -0.2) is 44.9 Å². The lowest BCUT2D eigenvalue weighted by Crippen LogP contribution is -2.36. The first-order valence-electron chi connectivity index (χ1n) is 10.6. The number of nitrogens with zero attached hydrogens (tertiary/aromatic N) is 1. The summed E-state index contributed by atoms with van der Waals surface area (Å²) in [4.78, 5) is 12.8. The Morgan fingerprint density at radius 1 is 1.10 bits per heavy atom. The molecule has 168 valence electrons. The molecule has 1 N–H and O–H groups in total. The van der Waals surface area contributed by atoms with Gasteiger partial charge in [0.15, 0.2) is 6.10 Å². The van der Waals surface area contributed by atoms with Crippen molar-refractivity contribution in [1.82, 2.24) is 4.31 Å². The fourth-order valence-electron chi connectivity index (χ4n) is 3.60. The van der Waals surface area contributed by atoms with Crippen molar-refractivity contribution in [2.75, 3.05) is 25.5 Å². The highest BCUT2D eigenvalue weighted by Crippen LogP contribution is 2.31. The molecular weight excluding hydrogens is 416 g/mol. The number of benzene rings is 2. The molecule has 8 heteroatoms. The molecule has 2 aromatic rings. The number of sulfonamides is 1. The zero-order valence-corrected chi connectivity index (χ0v) is 19.1. The van der Waals surface area contributed by atoms with Gasteiger partial charge in [0.2, 0.25) is 10.0 Å². The minimum absolute atomic E-state index is 0.0552. The van der Waals surface area contributed by atoms with Crippen LogP contribution in [0.15, 0.2) is 47.4 Å². The smallest absolute Gasteiger partial charge is 0.265 e. The van der Waals surface area contributed by atoms with Gasteiger partial charge < -0.3 is 14.8 Å². The van der Waals surface area contributed by atoms with Gasteiger partial charge in [0.25, 0.3) is 5.91 Å². The van der Waals surface area contributed by atoms with Crippen LogP contribution in [0.4, 0.5) is 5.69 Å². The molecule has 1 aliphatic rings. The monoisotopic (exact) mass is 446 g/mol. The number of carbonyl (C=O) groups is 1. The van der Waals surface area contributed by atoms with Crippen LogP contribution < -0.4 is 14.8 Å². The third-order valence-corrected chi connectivity index (χ3v) is 7.31. The molecule has 0 aliphatic carbocycles. The summed E-state index contributed by atoms with van der Waals surface area (Å²) in [6.45, 7) is 4.67. The number of para-hydroxylation sites is 1. The fraction of sp³-hybridized carbons (Fsp3) is 0.435. The third-order valence-electron chi connectivity index (χ3n) is 5.39. The molecule has 1 heterocycles. The average Bonchev–Trinajstić information content (AvgIpc) is 2.79. The highest BCUT2D eigenvalue weighted by atomic mass is 32.2. The molecule has 1 aliphatic heterocycles. The molecule has 0 spiro atoms. The molecule has 1 fully saturated rings. The highest BCUT2D eigenvalue weighted by Gasteiger charge is 2.29. The summed E-state index contributed by atoms with van der Waals surface area (Å²) < 4.78 is 38.9. The van der Waals surface area contributed by atoms with Crippen molar-refractivity contribution in [1.29, 1.82) is 0 Å². The largest absolute Gasteiger partial charge is 0.495 e. The van der Waals surface area contributed by atoms with E-state index in [2.05, 4.69) is 5.32 Å². The molecule has 1 saturated heterocycles. The van der Waals surface area contributed by atoms with E-state index < -0.39 is 16.1 Å². The number of hydrogen-bond acceptors (Lipinski definition) is 5. The minimum Gasteiger partial charge on any atom is -0.495 e. The Balaban J connectivity index is 1.78. The number of amides is 1. The summed E-state index contributed by atoms with van der Waals surface area (Å²) in [5.74, 6) is 0.554. The Morgan fingerprint density at radius 2 is 1.81 bits per heavy atom. The van der Waals surface area contributed by atoms with E-state index in [1.165, 1.54) is 17.5 Å². The fourth-order valence-corrected chi connectivity index (χ4v) is 5.30. The number of hydrogen-bond donors (Lipinski definition) is 1. The number of rotatable bonds is 8.